The number of Topliss-reactive ketones (excluding diaryl/α,β-unsaturated/α-hetero) is 2. The zero-order valence-corrected chi connectivity index (χ0v) is 19.2. The number of amides is 2. The van der Waals surface area contributed by atoms with Crippen LogP contribution in [-0.4, -0.2) is 36.1 Å². The maximum absolute atomic E-state index is 13.8. The van der Waals surface area contributed by atoms with Crippen LogP contribution in [0.15, 0.2) is 72.8 Å². The molecule has 35 heavy (non-hydrogen) atoms. The molecule has 6 rings (SSSR count). The molecule has 0 N–H and O–H groups in total. The van der Waals surface area contributed by atoms with Gasteiger partial charge in [-0.15, -0.1) is 0 Å². The lowest BCUT2D eigenvalue weighted by Crippen LogP contribution is -2.51. The Morgan fingerprint density at radius 2 is 1.51 bits per heavy atom. The Balaban J connectivity index is 1.54. The van der Waals surface area contributed by atoms with Crippen molar-refractivity contribution in [3.05, 3.63) is 94.5 Å². The first kappa shape index (κ1) is 21.7. The molecule has 2 saturated heterocycles. The number of hydrogen-bond acceptors (Lipinski definition) is 6. The number of ether oxygens (including phenoxy) is 2. The van der Waals surface area contributed by atoms with Crippen LogP contribution in [0.1, 0.15) is 32.4 Å². The number of anilines is 1. The van der Waals surface area contributed by atoms with Gasteiger partial charge in [-0.25, -0.2) is 4.90 Å². The fraction of sp³-hybridized carbons (Fsp3) is 0.185. The van der Waals surface area contributed by atoms with Crippen molar-refractivity contribution in [1.29, 1.82) is 0 Å². The maximum Gasteiger partial charge on any atom is 0.241 e. The average Bonchev–Trinajstić information content (AvgIpc) is 3.45. The van der Waals surface area contributed by atoms with E-state index in [0.717, 1.165) is 4.90 Å². The summed E-state index contributed by atoms with van der Waals surface area (Å²) in [6, 6.07) is 19.5. The van der Waals surface area contributed by atoms with E-state index in [4.69, 9.17) is 21.1 Å². The predicted molar refractivity (Wildman–Crippen MR) is 126 cm³/mol. The summed E-state index contributed by atoms with van der Waals surface area (Å²) in [5, 5.41) is 0.443. The molecule has 3 aromatic carbocycles. The van der Waals surface area contributed by atoms with E-state index >= 15 is 0 Å². The molecule has 1 aliphatic carbocycles. The Morgan fingerprint density at radius 3 is 2.14 bits per heavy atom. The third kappa shape index (κ3) is 2.82. The van der Waals surface area contributed by atoms with Gasteiger partial charge in [0.25, 0.3) is 0 Å². The van der Waals surface area contributed by atoms with Crippen LogP contribution in [0.4, 0.5) is 5.69 Å². The molecule has 0 bridgehead atoms. The molecule has 2 amide bonds. The van der Waals surface area contributed by atoms with Crippen LogP contribution in [-0.2, 0) is 14.3 Å². The van der Waals surface area contributed by atoms with E-state index in [0.29, 0.717) is 22.0 Å². The molecule has 0 saturated carbocycles. The molecule has 2 heterocycles. The number of fused-ring (bicyclic) bond motifs is 3. The highest BCUT2D eigenvalue weighted by Gasteiger charge is 2.74. The third-order valence-corrected chi connectivity index (χ3v) is 7.28. The Labute approximate surface area is 205 Å². The van der Waals surface area contributed by atoms with E-state index in [9.17, 15) is 19.2 Å². The number of benzene rings is 3. The molecule has 3 atom stereocenters. The van der Waals surface area contributed by atoms with E-state index in [1.165, 1.54) is 7.11 Å². The zero-order chi connectivity index (χ0) is 24.5. The molecule has 0 aromatic heterocycles. The number of nitrogens with zero attached hydrogens (tertiary/aromatic N) is 1. The van der Waals surface area contributed by atoms with Gasteiger partial charge in [0.15, 0.2) is 0 Å². The molecule has 0 radical (unpaired) electrons. The van der Waals surface area contributed by atoms with Gasteiger partial charge in [0.2, 0.25) is 29.0 Å². The Hall–Kier alpha value is -3.81. The van der Waals surface area contributed by atoms with Gasteiger partial charge in [-0.3, -0.25) is 19.2 Å². The molecule has 8 heteroatoms. The first-order valence-corrected chi connectivity index (χ1v) is 11.4. The minimum atomic E-state index is -2.12. The highest BCUT2D eigenvalue weighted by atomic mass is 35.5. The molecule has 1 spiro atoms. The third-order valence-electron chi connectivity index (χ3n) is 7.03. The van der Waals surface area contributed by atoms with Gasteiger partial charge in [0, 0.05) is 16.1 Å². The second kappa shape index (κ2) is 7.60. The first-order valence-electron chi connectivity index (χ1n) is 11.0. The Bertz CT molecular complexity index is 1400. The van der Waals surface area contributed by atoms with Crippen molar-refractivity contribution < 1.29 is 28.7 Å². The van der Waals surface area contributed by atoms with Crippen molar-refractivity contribution in [3.63, 3.8) is 0 Å². The molecule has 0 unspecified atom stereocenters. The molecule has 2 fully saturated rings. The molecule has 2 aliphatic heterocycles. The number of methoxy groups -OCH3 is 1. The monoisotopic (exact) mass is 487 g/mol. The average molecular weight is 488 g/mol. The highest BCUT2D eigenvalue weighted by molar-refractivity contribution is 6.37. The van der Waals surface area contributed by atoms with E-state index in [1.54, 1.807) is 72.8 Å². The van der Waals surface area contributed by atoms with Crippen molar-refractivity contribution in [2.24, 2.45) is 11.8 Å². The van der Waals surface area contributed by atoms with Gasteiger partial charge in [-0.05, 0) is 42.0 Å². The highest BCUT2D eigenvalue weighted by Crippen LogP contribution is 2.57. The minimum Gasteiger partial charge on any atom is -0.497 e. The smallest absolute Gasteiger partial charge is 0.241 e. The minimum absolute atomic E-state index is 0.188. The summed E-state index contributed by atoms with van der Waals surface area (Å²) in [4.78, 5) is 56.2. The van der Waals surface area contributed by atoms with Crippen LogP contribution < -0.4 is 9.64 Å². The van der Waals surface area contributed by atoms with Gasteiger partial charge in [0.1, 0.15) is 5.75 Å². The Kier molecular flexibility index (Phi) is 4.71. The number of carbonyl (C=O) groups excluding carboxylic acids is 4. The van der Waals surface area contributed by atoms with Crippen molar-refractivity contribution in [2.75, 3.05) is 12.0 Å². The number of carbonyl (C=O) groups is 4. The quantitative estimate of drug-likeness (QED) is 0.409. The van der Waals surface area contributed by atoms with Gasteiger partial charge in [0.05, 0.1) is 30.7 Å². The molecule has 174 valence electrons. The number of rotatable bonds is 3. The van der Waals surface area contributed by atoms with E-state index in [1.807, 2.05) is 0 Å². The van der Waals surface area contributed by atoms with Crippen LogP contribution in [0.3, 0.4) is 0 Å². The second-order valence-electron chi connectivity index (χ2n) is 8.75. The lowest BCUT2D eigenvalue weighted by Gasteiger charge is -2.27. The van der Waals surface area contributed by atoms with Gasteiger partial charge in [-0.1, -0.05) is 48.0 Å². The number of ketones is 2. The fourth-order valence-electron chi connectivity index (χ4n) is 5.48. The summed E-state index contributed by atoms with van der Waals surface area (Å²) < 4.78 is 11.6. The first-order chi connectivity index (χ1) is 16.9. The normalized spacial score (nSPS) is 24.3. The van der Waals surface area contributed by atoms with Crippen LogP contribution in [0.2, 0.25) is 5.02 Å². The van der Waals surface area contributed by atoms with E-state index in [-0.39, 0.29) is 11.1 Å². The Morgan fingerprint density at radius 1 is 0.857 bits per heavy atom. The van der Waals surface area contributed by atoms with E-state index in [2.05, 4.69) is 0 Å². The van der Waals surface area contributed by atoms with Crippen LogP contribution in [0.25, 0.3) is 0 Å². The summed E-state index contributed by atoms with van der Waals surface area (Å²) in [6.45, 7) is 0. The standard InChI is InChI=1S/C27H18ClNO6/c1-34-17-6-4-5-14(13-17)22-20-21(26(33)29(25(20)32)16-11-9-15(28)10-12-16)27(35-22)23(30)18-7-2-3-8-19(18)24(27)31/h2-13,20-22H,1H3/t20-,21-,22+/m0/s1. The lowest BCUT2D eigenvalue weighted by atomic mass is 9.77. The van der Waals surface area contributed by atoms with Crippen LogP contribution >= 0.6 is 11.6 Å². The number of halogens is 1. The molecule has 3 aromatic rings. The zero-order valence-electron chi connectivity index (χ0n) is 18.4. The number of hydrogen-bond donors (Lipinski definition) is 0. The summed E-state index contributed by atoms with van der Waals surface area (Å²) in [6.07, 6.45) is -1.01. The summed E-state index contributed by atoms with van der Waals surface area (Å²) in [5.74, 6) is -4.26. The van der Waals surface area contributed by atoms with Crippen molar-refractivity contribution >= 4 is 40.7 Å². The molecular weight excluding hydrogens is 470 g/mol. The van der Waals surface area contributed by atoms with Crippen molar-refractivity contribution in [1.82, 2.24) is 0 Å². The second-order valence-corrected chi connectivity index (χ2v) is 9.18. The number of imide groups is 1. The van der Waals surface area contributed by atoms with Crippen LogP contribution in [0.5, 0.6) is 5.75 Å². The van der Waals surface area contributed by atoms with E-state index < -0.39 is 46.9 Å². The SMILES string of the molecule is COc1cccc([C@H]2OC3(C(=O)c4ccccc4C3=O)[C@@H]3C(=O)N(c4ccc(Cl)cc4)C(=O)[C@H]23)c1. The lowest BCUT2D eigenvalue weighted by molar-refractivity contribution is -0.127. The maximum atomic E-state index is 13.8. The van der Waals surface area contributed by atoms with Gasteiger partial charge >= 0.3 is 0 Å². The predicted octanol–water partition coefficient (Wildman–Crippen LogP) is 4.04. The summed E-state index contributed by atoms with van der Waals surface area (Å²) in [7, 11) is 1.51. The molecule has 7 nitrogen and oxygen atoms in total. The fourth-order valence-corrected chi connectivity index (χ4v) is 5.61. The summed E-state index contributed by atoms with van der Waals surface area (Å²) in [5.41, 5.74) is -0.892. The summed E-state index contributed by atoms with van der Waals surface area (Å²) >= 11 is 6.00. The van der Waals surface area contributed by atoms with Crippen LogP contribution in [0, 0.1) is 11.8 Å². The van der Waals surface area contributed by atoms with Gasteiger partial charge in [-0.2, -0.15) is 0 Å². The molecular formula is C27H18ClNO6. The topological polar surface area (TPSA) is 90.0 Å². The molecule has 3 aliphatic rings. The van der Waals surface area contributed by atoms with Gasteiger partial charge < -0.3 is 9.47 Å². The van der Waals surface area contributed by atoms with Crippen molar-refractivity contribution in [3.8, 4) is 5.75 Å². The largest absolute Gasteiger partial charge is 0.497 e. The van der Waals surface area contributed by atoms with Crippen molar-refractivity contribution in [2.45, 2.75) is 11.7 Å².